The summed E-state index contributed by atoms with van der Waals surface area (Å²) in [5, 5.41) is 9.58. The first kappa shape index (κ1) is 23.0. The highest BCUT2D eigenvalue weighted by Gasteiger charge is 2.40. The van der Waals surface area contributed by atoms with Crippen LogP contribution in [-0.4, -0.2) is 32.2 Å². The van der Waals surface area contributed by atoms with Crippen LogP contribution in [0.25, 0.3) is 6.08 Å². The van der Waals surface area contributed by atoms with Crippen LogP contribution in [0.5, 0.6) is 5.75 Å². The Morgan fingerprint density at radius 2 is 2.00 bits per heavy atom. The van der Waals surface area contributed by atoms with Crippen molar-refractivity contribution in [1.82, 2.24) is 4.90 Å². The molecule has 1 aliphatic heterocycles. The molecule has 1 N–H and O–H groups in total. The number of hydrogen-bond acceptors (Lipinski definition) is 5. The number of amides is 1. The third-order valence-electron chi connectivity index (χ3n) is 4.93. The van der Waals surface area contributed by atoms with E-state index >= 15 is 0 Å². The van der Waals surface area contributed by atoms with Gasteiger partial charge in [0.1, 0.15) is 22.7 Å². The molecule has 5 nitrogen and oxygen atoms in total. The van der Waals surface area contributed by atoms with Crippen LogP contribution >= 0.6 is 24.0 Å². The van der Waals surface area contributed by atoms with Crippen LogP contribution in [0.3, 0.4) is 0 Å². The van der Waals surface area contributed by atoms with Crippen LogP contribution in [0, 0.1) is 6.92 Å². The number of rotatable bonds is 9. The standard InChI is InChI=1S/C24H25NO4S2/c1-3-4-8-20(23(27)28)25-22(26)21(31-24(25)30)14-18-6-5-7-19(13-18)29-15-17-11-9-16(2)10-12-17/h5-7,9-14,20H,3-4,8,15H2,1-2H3,(H,27,28)/b21-14-/t20-/m0/s1. The van der Waals surface area contributed by atoms with Crippen molar-refractivity contribution in [3.63, 3.8) is 0 Å². The Bertz CT molecular complexity index is 1000. The maximum atomic E-state index is 12.9. The first-order valence-electron chi connectivity index (χ1n) is 10.2. The van der Waals surface area contributed by atoms with Crippen LogP contribution in [-0.2, 0) is 16.2 Å². The van der Waals surface area contributed by atoms with Gasteiger partial charge in [-0.2, -0.15) is 0 Å². The van der Waals surface area contributed by atoms with E-state index in [0.29, 0.717) is 30.1 Å². The van der Waals surface area contributed by atoms with Crippen LogP contribution < -0.4 is 4.74 Å². The largest absolute Gasteiger partial charge is 0.489 e. The number of benzene rings is 2. The summed E-state index contributed by atoms with van der Waals surface area (Å²) in [4.78, 5) is 26.3. The highest BCUT2D eigenvalue weighted by molar-refractivity contribution is 8.26. The molecule has 0 saturated carbocycles. The van der Waals surface area contributed by atoms with Crippen molar-refractivity contribution in [3.05, 3.63) is 70.1 Å². The molecule has 7 heteroatoms. The molecular weight excluding hydrogens is 430 g/mol. The number of carboxylic acids is 1. The average Bonchev–Trinajstić information content (AvgIpc) is 3.01. The van der Waals surface area contributed by atoms with Gasteiger partial charge in [-0.1, -0.05) is 85.7 Å². The minimum absolute atomic E-state index is 0.284. The van der Waals surface area contributed by atoms with Gasteiger partial charge in [-0.3, -0.25) is 9.69 Å². The van der Waals surface area contributed by atoms with E-state index in [1.165, 1.54) is 10.5 Å². The summed E-state index contributed by atoms with van der Waals surface area (Å²) in [6.07, 6.45) is 3.68. The number of ether oxygens (including phenoxy) is 1. The van der Waals surface area contributed by atoms with Crippen molar-refractivity contribution < 1.29 is 19.4 Å². The van der Waals surface area contributed by atoms with Crippen LogP contribution in [0.4, 0.5) is 0 Å². The van der Waals surface area contributed by atoms with E-state index in [1.807, 2.05) is 62.4 Å². The maximum Gasteiger partial charge on any atom is 0.326 e. The normalized spacial score (nSPS) is 16.1. The molecule has 1 amide bonds. The third-order valence-corrected chi connectivity index (χ3v) is 6.26. The second-order valence-electron chi connectivity index (χ2n) is 7.39. The van der Waals surface area contributed by atoms with E-state index in [4.69, 9.17) is 17.0 Å². The van der Waals surface area contributed by atoms with Gasteiger partial charge in [0, 0.05) is 0 Å². The molecule has 3 rings (SSSR count). The second kappa shape index (κ2) is 10.6. The molecule has 162 valence electrons. The Balaban J connectivity index is 1.73. The lowest BCUT2D eigenvalue weighted by Gasteiger charge is -2.22. The zero-order valence-corrected chi connectivity index (χ0v) is 19.2. The zero-order valence-electron chi connectivity index (χ0n) is 17.5. The first-order chi connectivity index (χ1) is 14.9. The number of thioether (sulfide) groups is 1. The highest BCUT2D eigenvalue weighted by Crippen LogP contribution is 2.35. The molecule has 31 heavy (non-hydrogen) atoms. The molecule has 1 heterocycles. The van der Waals surface area contributed by atoms with E-state index in [0.717, 1.165) is 29.3 Å². The van der Waals surface area contributed by atoms with Crippen LogP contribution in [0.2, 0.25) is 0 Å². The Hall–Kier alpha value is -2.64. The molecule has 1 atom stereocenters. The Morgan fingerprint density at radius 3 is 2.68 bits per heavy atom. The monoisotopic (exact) mass is 455 g/mol. The lowest BCUT2D eigenvalue weighted by atomic mass is 10.1. The summed E-state index contributed by atoms with van der Waals surface area (Å²) in [7, 11) is 0. The lowest BCUT2D eigenvalue weighted by Crippen LogP contribution is -2.43. The van der Waals surface area contributed by atoms with E-state index in [2.05, 4.69) is 0 Å². The fraction of sp³-hybridized carbons (Fsp3) is 0.292. The van der Waals surface area contributed by atoms with E-state index in [-0.39, 0.29) is 10.2 Å². The minimum Gasteiger partial charge on any atom is -0.489 e. The number of aliphatic carboxylic acids is 1. The Kier molecular flexibility index (Phi) is 7.87. The van der Waals surface area contributed by atoms with Gasteiger partial charge in [0.2, 0.25) is 0 Å². The molecule has 0 bridgehead atoms. The lowest BCUT2D eigenvalue weighted by molar-refractivity contribution is -0.145. The molecule has 1 fully saturated rings. The van der Waals surface area contributed by atoms with Crippen molar-refractivity contribution in [2.75, 3.05) is 0 Å². The van der Waals surface area contributed by atoms with Gasteiger partial charge in [0.15, 0.2) is 0 Å². The molecule has 1 aliphatic rings. The number of nitrogens with zero attached hydrogens (tertiary/aromatic N) is 1. The van der Waals surface area contributed by atoms with Crippen LogP contribution in [0.1, 0.15) is 42.9 Å². The predicted molar refractivity (Wildman–Crippen MR) is 128 cm³/mol. The Labute approximate surface area is 192 Å². The number of thiocarbonyl (C=S) groups is 1. The molecule has 0 aromatic heterocycles. The van der Waals surface area contributed by atoms with E-state index in [1.54, 1.807) is 6.08 Å². The SMILES string of the molecule is CCCC[C@@H](C(=O)O)N1C(=O)/C(=C/c2cccc(OCc3ccc(C)cc3)c2)SC1=S. The molecule has 2 aromatic carbocycles. The van der Waals surface area contributed by atoms with Crippen molar-refractivity contribution in [2.24, 2.45) is 0 Å². The van der Waals surface area contributed by atoms with Gasteiger partial charge in [0.25, 0.3) is 5.91 Å². The number of aryl methyl sites for hydroxylation is 1. The molecular formula is C24H25NO4S2. The summed E-state index contributed by atoms with van der Waals surface area (Å²) in [6, 6.07) is 14.7. The molecule has 0 unspecified atom stereocenters. The van der Waals surface area contributed by atoms with Gasteiger partial charge in [-0.15, -0.1) is 0 Å². The number of carbonyl (C=O) groups is 2. The summed E-state index contributed by atoms with van der Waals surface area (Å²) >= 11 is 6.46. The highest BCUT2D eigenvalue weighted by atomic mass is 32.2. The summed E-state index contributed by atoms with van der Waals surface area (Å²) < 4.78 is 6.17. The minimum atomic E-state index is -1.03. The van der Waals surface area contributed by atoms with Gasteiger partial charge in [-0.25, -0.2) is 4.79 Å². The summed E-state index contributed by atoms with van der Waals surface area (Å²) in [5.41, 5.74) is 3.06. The number of unbranched alkanes of at least 4 members (excludes halogenated alkanes) is 1. The van der Waals surface area contributed by atoms with Crippen molar-refractivity contribution in [2.45, 2.75) is 45.8 Å². The fourth-order valence-electron chi connectivity index (χ4n) is 3.21. The predicted octanol–water partition coefficient (Wildman–Crippen LogP) is 5.42. The van der Waals surface area contributed by atoms with Gasteiger partial charge >= 0.3 is 5.97 Å². The summed E-state index contributed by atoms with van der Waals surface area (Å²) in [6.45, 7) is 4.47. The molecule has 0 aliphatic carbocycles. The van der Waals surface area contributed by atoms with Gasteiger partial charge in [-0.05, 0) is 42.7 Å². The van der Waals surface area contributed by atoms with Gasteiger partial charge < -0.3 is 9.84 Å². The van der Waals surface area contributed by atoms with Crippen molar-refractivity contribution in [3.8, 4) is 5.75 Å². The van der Waals surface area contributed by atoms with E-state index < -0.39 is 12.0 Å². The number of carboxylic acid groups (broad SMARTS) is 1. The van der Waals surface area contributed by atoms with Crippen molar-refractivity contribution in [1.29, 1.82) is 0 Å². The second-order valence-corrected chi connectivity index (χ2v) is 9.07. The Morgan fingerprint density at radius 1 is 1.26 bits per heavy atom. The topological polar surface area (TPSA) is 66.8 Å². The first-order valence-corrected chi connectivity index (χ1v) is 11.4. The fourth-order valence-corrected chi connectivity index (χ4v) is 4.56. The number of carbonyl (C=O) groups excluding carboxylic acids is 1. The van der Waals surface area contributed by atoms with E-state index in [9.17, 15) is 14.7 Å². The molecule has 0 spiro atoms. The zero-order chi connectivity index (χ0) is 22.4. The average molecular weight is 456 g/mol. The van der Waals surface area contributed by atoms with Crippen molar-refractivity contribution >= 4 is 46.3 Å². The quantitative estimate of drug-likeness (QED) is 0.402. The molecule has 0 radical (unpaired) electrons. The molecule has 2 aromatic rings. The number of hydrogen-bond donors (Lipinski definition) is 1. The third kappa shape index (κ3) is 5.95. The summed E-state index contributed by atoms with van der Waals surface area (Å²) in [5.74, 6) is -0.696. The van der Waals surface area contributed by atoms with Gasteiger partial charge in [0.05, 0.1) is 4.91 Å². The maximum absolute atomic E-state index is 12.9. The molecule has 1 saturated heterocycles. The smallest absolute Gasteiger partial charge is 0.326 e. The van der Waals surface area contributed by atoms with Crippen LogP contribution in [0.15, 0.2) is 53.4 Å².